The van der Waals surface area contributed by atoms with Gasteiger partial charge in [-0.05, 0) is 24.1 Å². The fraction of sp³-hybridized carbons (Fsp3) is 0.368. The Balaban J connectivity index is 1.77. The molecule has 5 nitrogen and oxygen atoms in total. The van der Waals surface area contributed by atoms with Crippen LogP contribution in [0.1, 0.15) is 36.8 Å². The van der Waals surface area contributed by atoms with E-state index in [1.165, 1.54) is 6.07 Å². The van der Waals surface area contributed by atoms with Crippen molar-refractivity contribution in [3.8, 4) is 17.2 Å². The largest absolute Gasteiger partial charge is 0.586 e. The van der Waals surface area contributed by atoms with Gasteiger partial charge in [0.25, 0.3) is 0 Å². The second kappa shape index (κ2) is 6.32. The molecule has 0 saturated carbocycles. The maximum absolute atomic E-state index is 13.4. The molecule has 2 N–H and O–H groups in total. The Kier molecular flexibility index (Phi) is 4.11. The van der Waals surface area contributed by atoms with E-state index in [-0.39, 0.29) is 17.4 Å². The Morgan fingerprint density at radius 1 is 1.19 bits per heavy atom. The summed E-state index contributed by atoms with van der Waals surface area (Å²) < 4.78 is 41.7. The second-order valence-electron chi connectivity index (χ2n) is 6.39. The summed E-state index contributed by atoms with van der Waals surface area (Å²) in [4.78, 5) is 0. The van der Waals surface area contributed by atoms with Gasteiger partial charge in [0.1, 0.15) is 12.0 Å². The van der Waals surface area contributed by atoms with Gasteiger partial charge < -0.3 is 24.6 Å². The summed E-state index contributed by atoms with van der Waals surface area (Å²) in [6.07, 6.45) is -3.24. The van der Waals surface area contributed by atoms with Gasteiger partial charge in [-0.3, -0.25) is 0 Å². The highest BCUT2D eigenvalue weighted by molar-refractivity contribution is 5.66. The number of fused-ring (bicyclic) bond motifs is 2. The van der Waals surface area contributed by atoms with Gasteiger partial charge in [-0.15, -0.1) is 8.78 Å². The molecule has 2 aromatic rings. The first-order valence-electron chi connectivity index (χ1n) is 8.57. The topological polar surface area (TPSA) is 60.0 Å². The number of nitrogens with one attached hydrogen (secondary N) is 1. The average molecular weight is 363 g/mol. The Bertz CT molecular complexity index is 827. The van der Waals surface area contributed by atoms with Crippen molar-refractivity contribution in [1.82, 2.24) is 0 Å². The van der Waals surface area contributed by atoms with Crippen molar-refractivity contribution in [3.63, 3.8) is 0 Å². The molecule has 26 heavy (non-hydrogen) atoms. The first-order valence-corrected chi connectivity index (χ1v) is 8.57. The van der Waals surface area contributed by atoms with Gasteiger partial charge in [-0.2, -0.15) is 0 Å². The molecular weight excluding hydrogens is 344 g/mol. The molecule has 2 aliphatic rings. The number of anilines is 1. The number of para-hydroxylation sites is 1. The van der Waals surface area contributed by atoms with E-state index < -0.39 is 12.5 Å². The third-order valence-electron chi connectivity index (χ3n) is 4.49. The van der Waals surface area contributed by atoms with E-state index in [2.05, 4.69) is 14.8 Å². The molecule has 7 heteroatoms. The van der Waals surface area contributed by atoms with Crippen LogP contribution in [-0.4, -0.2) is 24.2 Å². The third kappa shape index (κ3) is 3.03. The number of rotatable bonds is 4. The molecule has 138 valence electrons. The predicted molar refractivity (Wildman–Crippen MR) is 91.0 cm³/mol. The number of halogens is 2. The lowest BCUT2D eigenvalue weighted by atomic mass is 9.83. The van der Waals surface area contributed by atoms with Crippen molar-refractivity contribution in [2.45, 2.75) is 38.2 Å². The molecule has 0 radical (unpaired) electrons. The van der Waals surface area contributed by atoms with Gasteiger partial charge in [-0.25, -0.2) is 0 Å². The van der Waals surface area contributed by atoms with Gasteiger partial charge >= 0.3 is 6.29 Å². The van der Waals surface area contributed by atoms with Crippen LogP contribution in [0.5, 0.6) is 17.2 Å². The number of ether oxygens (including phenoxy) is 3. The maximum Gasteiger partial charge on any atom is 0.586 e. The lowest BCUT2D eigenvalue weighted by molar-refractivity contribution is -0.286. The highest BCUT2D eigenvalue weighted by Gasteiger charge is 2.44. The van der Waals surface area contributed by atoms with E-state index in [0.717, 1.165) is 23.3 Å². The molecular formula is C19H19F2NO4. The lowest BCUT2D eigenvalue weighted by Crippen LogP contribution is -2.28. The summed E-state index contributed by atoms with van der Waals surface area (Å²) in [7, 11) is 0. The van der Waals surface area contributed by atoms with E-state index in [1.807, 2.05) is 31.2 Å². The van der Waals surface area contributed by atoms with Crippen LogP contribution in [-0.2, 0) is 0 Å². The molecule has 2 atom stereocenters. The van der Waals surface area contributed by atoms with Gasteiger partial charge in [-0.1, -0.05) is 25.1 Å². The standard InChI is InChI=1S/C19H19F2NO4/c1-2-7-24-15-6-4-3-5-11(15)12-9-18(23)22-14-10-17-16(8-13(12)14)25-19(20,21)26-17/h3-6,8,10,12,18,22-23H,2,7,9H2,1H3. The highest BCUT2D eigenvalue weighted by atomic mass is 19.3. The Labute approximate surface area is 149 Å². The summed E-state index contributed by atoms with van der Waals surface area (Å²) in [6.45, 7) is 2.60. The van der Waals surface area contributed by atoms with Gasteiger partial charge in [0.2, 0.25) is 0 Å². The average Bonchev–Trinajstić information content (AvgIpc) is 2.90. The molecule has 2 aliphatic heterocycles. The van der Waals surface area contributed by atoms with Crippen molar-refractivity contribution in [2.24, 2.45) is 0 Å². The zero-order valence-corrected chi connectivity index (χ0v) is 14.2. The van der Waals surface area contributed by atoms with E-state index in [9.17, 15) is 13.9 Å². The zero-order valence-electron chi connectivity index (χ0n) is 14.2. The van der Waals surface area contributed by atoms with Crippen molar-refractivity contribution >= 4 is 5.69 Å². The fourth-order valence-corrected chi connectivity index (χ4v) is 3.42. The monoisotopic (exact) mass is 363 g/mol. The molecule has 0 fully saturated rings. The fourth-order valence-electron chi connectivity index (χ4n) is 3.42. The van der Waals surface area contributed by atoms with Crippen LogP contribution in [0.2, 0.25) is 0 Å². The lowest BCUT2D eigenvalue weighted by Gasteiger charge is -2.31. The van der Waals surface area contributed by atoms with Crippen LogP contribution < -0.4 is 19.5 Å². The maximum atomic E-state index is 13.4. The molecule has 0 saturated heterocycles. The van der Waals surface area contributed by atoms with Crippen LogP contribution in [0, 0.1) is 0 Å². The Hall–Kier alpha value is -2.54. The second-order valence-corrected chi connectivity index (χ2v) is 6.39. The number of benzene rings is 2. The Morgan fingerprint density at radius 3 is 2.69 bits per heavy atom. The quantitative estimate of drug-likeness (QED) is 0.858. The number of aliphatic hydroxyl groups excluding tert-OH is 1. The number of alkyl halides is 2. The molecule has 0 aliphatic carbocycles. The predicted octanol–water partition coefficient (Wildman–Crippen LogP) is 4.06. The van der Waals surface area contributed by atoms with Crippen molar-refractivity contribution in [3.05, 3.63) is 47.5 Å². The number of hydrogen-bond acceptors (Lipinski definition) is 5. The number of aliphatic hydroxyl groups is 1. The minimum Gasteiger partial charge on any atom is -0.493 e. The van der Waals surface area contributed by atoms with Crippen molar-refractivity contribution in [1.29, 1.82) is 0 Å². The van der Waals surface area contributed by atoms with Crippen LogP contribution in [0.25, 0.3) is 0 Å². The molecule has 0 bridgehead atoms. The summed E-state index contributed by atoms with van der Waals surface area (Å²) >= 11 is 0. The molecule has 0 spiro atoms. The van der Waals surface area contributed by atoms with Crippen molar-refractivity contribution in [2.75, 3.05) is 11.9 Å². The van der Waals surface area contributed by atoms with Gasteiger partial charge in [0, 0.05) is 29.7 Å². The molecule has 4 rings (SSSR count). The van der Waals surface area contributed by atoms with Crippen LogP contribution in [0.15, 0.2) is 36.4 Å². The minimum atomic E-state index is -3.68. The van der Waals surface area contributed by atoms with Gasteiger partial charge in [0.15, 0.2) is 11.5 Å². The molecule has 2 unspecified atom stereocenters. The highest BCUT2D eigenvalue weighted by Crippen LogP contribution is 2.49. The zero-order chi connectivity index (χ0) is 18.3. The summed E-state index contributed by atoms with van der Waals surface area (Å²) in [5.41, 5.74) is 2.19. The van der Waals surface area contributed by atoms with Crippen molar-refractivity contribution < 1.29 is 28.1 Å². The molecule has 2 heterocycles. The normalized spacial score (nSPS) is 22.5. The first-order chi connectivity index (χ1) is 12.5. The van der Waals surface area contributed by atoms with E-state index in [1.54, 1.807) is 6.07 Å². The summed E-state index contributed by atoms with van der Waals surface area (Å²) in [5.74, 6) is 0.438. The molecule has 0 amide bonds. The van der Waals surface area contributed by atoms with E-state index in [4.69, 9.17) is 4.74 Å². The summed E-state index contributed by atoms with van der Waals surface area (Å²) in [6, 6.07) is 10.6. The van der Waals surface area contributed by atoms with Crippen LogP contribution in [0.4, 0.5) is 14.5 Å². The smallest absolute Gasteiger partial charge is 0.493 e. The number of hydrogen-bond donors (Lipinski definition) is 2. The third-order valence-corrected chi connectivity index (χ3v) is 4.49. The van der Waals surface area contributed by atoms with Crippen LogP contribution >= 0.6 is 0 Å². The molecule has 2 aromatic carbocycles. The minimum absolute atomic E-state index is 0.0103. The Morgan fingerprint density at radius 2 is 1.92 bits per heavy atom. The van der Waals surface area contributed by atoms with Gasteiger partial charge in [0.05, 0.1) is 6.61 Å². The first kappa shape index (κ1) is 16.9. The van der Waals surface area contributed by atoms with Crippen LogP contribution in [0.3, 0.4) is 0 Å². The van der Waals surface area contributed by atoms with E-state index in [0.29, 0.717) is 18.7 Å². The molecule has 0 aromatic heterocycles. The summed E-state index contributed by atoms with van der Waals surface area (Å²) in [5, 5.41) is 13.1. The SMILES string of the molecule is CCCOc1ccccc1C1CC(O)Nc2cc3c(cc21)OC(F)(F)O3. The van der Waals surface area contributed by atoms with E-state index >= 15 is 0 Å².